The molecule has 2 aromatic rings. The quantitative estimate of drug-likeness (QED) is 0.443. The maximum Gasteiger partial charge on any atom is 0.328 e. The highest BCUT2D eigenvalue weighted by Crippen LogP contribution is 2.07. The molecule has 2 rings (SSSR count). The van der Waals surface area contributed by atoms with Crippen LogP contribution in [0.2, 0.25) is 0 Å². The first kappa shape index (κ1) is 22.0. The second kappa shape index (κ2) is 12.2. The van der Waals surface area contributed by atoms with Crippen LogP contribution in [0.15, 0.2) is 48.8 Å². The molecule has 154 valence electrons. The van der Waals surface area contributed by atoms with E-state index in [2.05, 4.69) is 20.6 Å². The first-order chi connectivity index (χ1) is 14.1. The average molecular weight is 398 g/mol. The van der Waals surface area contributed by atoms with Gasteiger partial charge in [-0.25, -0.2) is 4.79 Å². The standard InChI is InChI=1S/C21H26N4O4/c1-2-29-21(28)18(25-20(27)17-11-6-9-14-23-17)12-4-3-7-15-24-19(26)16-10-5-8-13-22-16/h5-6,8-11,13-14,18H,2-4,7,12,15H2,1H3,(H,24,26)(H,25,27)/t18-/m1/s1. The predicted octanol–water partition coefficient (Wildman–Crippen LogP) is 2.13. The van der Waals surface area contributed by atoms with Crippen LogP contribution in [0.25, 0.3) is 0 Å². The number of rotatable bonds is 11. The lowest BCUT2D eigenvalue weighted by Gasteiger charge is -2.17. The Morgan fingerprint density at radius 3 is 2.17 bits per heavy atom. The van der Waals surface area contributed by atoms with Gasteiger partial charge in [0, 0.05) is 18.9 Å². The molecule has 2 amide bonds. The van der Waals surface area contributed by atoms with E-state index in [1.807, 2.05) is 0 Å². The minimum Gasteiger partial charge on any atom is -0.464 e. The van der Waals surface area contributed by atoms with E-state index in [0.29, 0.717) is 25.1 Å². The number of carbonyl (C=O) groups is 3. The first-order valence-electron chi connectivity index (χ1n) is 9.69. The molecule has 0 unspecified atom stereocenters. The van der Waals surface area contributed by atoms with Crippen molar-refractivity contribution in [3.63, 3.8) is 0 Å². The molecule has 0 aliphatic rings. The van der Waals surface area contributed by atoms with Crippen LogP contribution in [-0.2, 0) is 9.53 Å². The van der Waals surface area contributed by atoms with Gasteiger partial charge in [-0.1, -0.05) is 25.0 Å². The van der Waals surface area contributed by atoms with Crippen molar-refractivity contribution in [2.45, 2.75) is 38.6 Å². The Labute approximate surface area is 170 Å². The van der Waals surface area contributed by atoms with E-state index in [0.717, 1.165) is 12.8 Å². The fourth-order valence-electron chi connectivity index (χ4n) is 2.66. The van der Waals surface area contributed by atoms with Crippen LogP contribution in [0.5, 0.6) is 0 Å². The van der Waals surface area contributed by atoms with Crippen molar-refractivity contribution in [3.05, 3.63) is 60.2 Å². The Morgan fingerprint density at radius 1 is 0.931 bits per heavy atom. The van der Waals surface area contributed by atoms with Gasteiger partial charge in [0.15, 0.2) is 0 Å². The van der Waals surface area contributed by atoms with Crippen molar-refractivity contribution in [3.8, 4) is 0 Å². The third-order valence-electron chi connectivity index (χ3n) is 4.13. The number of nitrogens with zero attached hydrogens (tertiary/aromatic N) is 2. The van der Waals surface area contributed by atoms with E-state index in [4.69, 9.17) is 4.74 Å². The fourth-order valence-corrected chi connectivity index (χ4v) is 2.66. The highest BCUT2D eigenvalue weighted by atomic mass is 16.5. The highest BCUT2D eigenvalue weighted by Gasteiger charge is 2.22. The van der Waals surface area contributed by atoms with Crippen LogP contribution in [0, 0.1) is 0 Å². The molecule has 0 saturated carbocycles. The SMILES string of the molecule is CCOC(=O)[C@@H](CCCCCNC(=O)c1ccccn1)NC(=O)c1ccccn1. The molecule has 0 bridgehead atoms. The topological polar surface area (TPSA) is 110 Å². The number of esters is 1. The molecule has 8 nitrogen and oxygen atoms in total. The van der Waals surface area contributed by atoms with Crippen LogP contribution >= 0.6 is 0 Å². The summed E-state index contributed by atoms with van der Waals surface area (Å²) in [7, 11) is 0. The van der Waals surface area contributed by atoms with Gasteiger partial charge in [0.05, 0.1) is 6.61 Å². The number of amides is 2. The minimum atomic E-state index is -0.729. The lowest BCUT2D eigenvalue weighted by molar-refractivity contribution is -0.145. The second-order valence-electron chi connectivity index (χ2n) is 6.31. The number of aromatic nitrogens is 2. The van der Waals surface area contributed by atoms with Crippen molar-refractivity contribution in [1.82, 2.24) is 20.6 Å². The molecule has 0 aliphatic carbocycles. The smallest absolute Gasteiger partial charge is 0.328 e. The minimum absolute atomic E-state index is 0.211. The summed E-state index contributed by atoms with van der Waals surface area (Å²) in [5, 5.41) is 5.51. The Hall–Kier alpha value is -3.29. The van der Waals surface area contributed by atoms with E-state index < -0.39 is 17.9 Å². The number of hydrogen-bond acceptors (Lipinski definition) is 6. The maximum absolute atomic E-state index is 12.3. The van der Waals surface area contributed by atoms with Crippen LogP contribution in [0.3, 0.4) is 0 Å². The molecule has 2 aromatic heterocycles. The number of nitrogens with one attached hydrogen (secondary N) is 2. The van der Waals surface area contributed by atoms with Gasteiger partial charge in [0.1, 0.15) is 17.4 Å². The van der Waals surface area contributed by atoms with Crippen LogP contribution in [-0.4, -0.2) is 46.9 Å². The lowest BCUT2D eigenvalue weighted by atomic mass is 10.1. The number of unbranched alkanes of at least 4 members (excludes halogenated alkanes) is 2. The van der Waals surface area contributed by atoms with E-state index in [9.17, 15) is 14.4 Å². The predicted molar refractivity (Wildman–Crippen MR) is 107 cm³/mol. The Balaban J connectivity index is 1.74. The van der Waals surface area contributed by atoms with Crippen LogP contribution in [0.4, 0.5) is 0 Å². The van der Waals surface area contributed by atoms with Gasteiger partial charge in [-0.2, -0.15) is 0 Å². The monoisotopic (exact) mass is 398 g/mol. The number of carbonyl (C=O) groups excluding carboxylic acids is 3. The molecule has 0 aromatic carbocycles. The third kappa shape index (κ3) is 7.69. The van der Waals surface area contributed by atoms with Gasteiger partial charge in [-0.05, 0) is 44.0 Å². The maximum atomic E-state index is 12.3. The Morgan fingerprint density at radius 2 is 1.59 bits per heavy atom. The van der Waals surface area contributed by atoms with Gasteiger partial charge >= 0.3 is 5.97 Å². The molecule has 1 atom stereocenters. The average Bonchev–Trinajstić information content (AvgIpc) is 2.76. The lowest BCUT2D eigenvalue weighted by Crippen LogP contribution is -2.42. The normalized spacial score (nSPS) is 11.3. The third-order valence-corrected chi connectivity index (χ3v) is 4.13. The van der Waals surface area contributed by atoms with Crippen molar-refractivity contribution in [1.29, 1.82) is 0 Å². The molecular formula is C21H26N4O4. The van der Waals surface area contributed by atoms with E-state index in [1.165, 1.54) is 6.20 Å². The van der Waals surface area contributed by atoms with Gasteiger partial charge in [-0.3, -0.25) is 19.6 Å². The van der Waals surface area contributed by atoms with Gasteiger partial charge in [0.2, 0.25) is 0 Å². The molecule has 0 fully saturated rings. The molecule has 0 saturated heterocycles. The van der Waals surface area contributed by atoms with E-state index in [1.54, 1.807) is 49.5 Å². The fraction of sp³-hybridized carbons (Fsp3) is 0.381. The van der Waals surface area contributed by atoms with Gasteiger partial charge in [0.25, 0.3) is 11.8 Å². The van der Waals surface area contributed by atoms with Crippen molar-refractivity contribution in [2.24, 2.45) is 0 Å². The van der Waals surface area contributed by atoms with Crippen molar-refractivity contribution < 1.29 is 19.1 Å². The van der Waals surface area contributed by atoms with Crippen molar-refractivity contribution in [2.75, 3.05) is 13.2 Å². The summed E-state index contributed by atoms with van der Waals surface area (Å²) in [4.78, 5) is 44.3. The molecular weight excluding hydrogens is 372 g/mol. The molecule has 8 heteroatoms. The summed E-state index contributed by atoms with van der Waals surface area (Å²) in [6.07, 6.45) is 5.79. The number of hydrogen-bond donors (Lipinski definition) is 2. The van der Waals surface area contributed by atoms with E-state index >= 15 is 0 Å². The van der Waals surface area contributed by atoms with Crippen LogP contribution < -0.4 is 10.6 Å². The highest BCUT2D eigenvalue weighted by molar-refractivity contribution is 5.95. The molecule has 0 spiro atoms. The first-order valence-corrected chi connectivity index (χ1v) is 9.69. The summed E-state index contributed by atoms with van der Waals surface area (Å²) in [5.41, 5.74) is 0.631. The molecule has 29 heavy (non-hydrogen) atoms. The summed E-state index contributed by atoms with van der Waals surface area (Å²) >= 11 is 0. The summed E-state index contributed by atoms with van der Waals surface area (Å²) in [5.74, 6) is -1.08. The largest absolute Gasteiger partial charge is 0.464 e. The number of ether oxygens (including phenoxy) is 1. The number of pyridine rings is 2. The van der Waals surface area contributed by atoms with E-state index in [-0.39, 0.29) is 18.2 Å². The zero-order valence-electron chi connectivity index (χ0n) is 16.5. The molecule has 2 heterocycles. The summed E-state index contributed by atoms with van der Waals surface area (Å²) < 4.78 is 5.06. The zero-order valence-corrected chi connectivity index (χ0v) is 16.5. The van der Waals surface area contributed by atoms with Gasteiger partial charge < -0.3 is 15.4 Å². The van der Waals surface area contributed by atoms with Gasteiger partial charge in [-0.15, -0.1) is 0 Å². The summed E-state index contributed by atoms with van der Waals surface area (Å²) in [6.45, 7) is 2.48. The van der Waals surface area contributed by atoms with Crippen molar-refractivity contribution >= 4 is 17.8 Å². The zero-order chi connectivity index (χ0) is 20.9. The molecule has 0 radical (unpaired) electrons. The molecule has 0 aliphatic heterocycles. The van der Waals surface area contributed by atoms with Crippen LogP contribution in [0.1, 0.15) is 53.6 Å². The summed E-state index contributed by atoms with van der Waals surface area (Å²) in [6, 6.07) is 9.45. The molecule has 2 N–H and O–H groups in total. The second-order valence-corrected chi connectivity index (χ2v) is 6.31. The Kier molecular flexibility index (Phi) is 9.28. The Bertz CT molecular complexity index is 784.